The highest BCUT2D eigenvalue weighted by atomic mass is 32.2. The second-order valence-corrected chi connectivity index (χ2v) is 9.55. The van der Waals surface area contributed by atoms with Gasteiger partial charge in [-0.25, -0.2) is 12.7 Å². The monoisotopic (exact) mass is 418 g/mol. The van der Waals surface area contributed by atoms with Crippen molar-refractivity contribution in [2.45, 2.75) is 44.6 Å². The lowest BCUT2D eigenvalue weighted by atomic mass is 10.0. The minimum atomic E-state index is -3.55. The Morgan fingerprint density at radius 1 is 1.10 bits per heavy atom. The number of methoxy groups -OCH3 is 1. The normalized spacial score (nSPS) is 12.7. The van der Waals surface area contributed by atoms with Crippen LogP contribution in [0.3, 0.4) is 0 Å². The molecule has 0 unspecified atom stereocenters. The fourth-order valence-electron chi connectivity index (χ4n) is 3.00. The first kappa shape index (κ1) is 22.9. The van der Waals surface area contributed by atoms with Crippen molar-refractivity contribution in [3.05, 3.63) is 58.7 Å². The Hall–Kier alpha value is -2.38. The third-order valence-electron chi connectivity index (χ3n) is 5.06. The molecule has 1 amide bonds. The number of carbonyl (C=O) groups excluding carboxylic acids is 1. The molecule has 0 bridgehead atoms. The summed E-state index contributed by atoms with van der Waals surface area (Å²) in [5, 5.41) is 3.01. The number of rotatable bonds is 8. The SMILES string of the molecule is COc1ccc(S(=O)(=O)N(C)C)cc1CCC(=O)N[C@H](C)c1ccc(C)c(C)c1. The number of sulfonamides is 1. The number of nitrogens with zero attached hydrogens (tertiary/aromatic N) is 1. The molecule has 0 heterocycles. The first-order chi connectivity index (χ1) is 13.6. The summed E-state index contributed by atoms with van der Waals surface area (Å²) >= 11 is 0. The van der Waals surface area contributed by atoms with Crippen LogP contribution in [0.25, 0.3) is 0 Å². The Morgan fingerprint density at radius 2 is 1.79 bits per heavy atom. The second kappa shape index (κ2) is 9.41. The lowest BCUT2D eigenvalue weighted by Crippen LogP contribution is -2.27. The molecule has 2 rings (SSSR count). The summed E-state index contributed by atoms with van der Waals surface area (Å²) in [5.41, 5.74) is 4.14. The minimum absolute atomic E-state index is 0.0985. The van der Waals surface area contributed by atoms with Crippen molar-refractivity contribution in [3.63, 3.8) is 0 Å². The summed E-state index contributed by atoms with van der Waals surface area (Å²) in [5.74, 6) is 0.469. The number of hydrogen-bond acceptors (Lipinski definition) is 4. The lowest BCUT2D eigenvalue weighted by Gasteiger charge is -2.17. The predicted molar refractivity (Wildman–Crippen MR) is 115 cm³/mol. The molecule has 158 valence electrons. The van der Waals surface area contributed by atoms with Crippen LogP contribution in [0.1, 0.15) is 41.6 Å². The maximum atomic E-state index is 12.5. The quantitative estimate of drug-likeness (QED) is 0.713. The average Bonchev–Trinajstić information content (AvgIpc) is 2.67. The maximum absolute atomic E-state index is 12.5. The molecule has 0 saturated heterocycles. The van der Waals surface area contributed by atoms with Crippen LogP contribution in [-0.4, -0.2) is 39.8 Å². The van der Waals surface area contributed by atoms with Crippen LogP contribution in [0.5, 0.6) is 5.75 Å². The summed E-state index contributed by atoms with van der Waals surface area (Å²) < 4.78 is 31.3. The smallest absolute Gasteiger partial charge is 0.242 e. The molecule has 0 aliphatic rings. The highest BCUT2D eigenvalue weighted by Crippen LogP contribution is 2.25. The van der Waals surface area contributed by atoms with Gasteiger partial charge in [-0.05, 0) is 67.6 Å². The van der Waals surface area contributed by atoms with E-state index in [2.05, 4.69) is 31.3 Å². The van der Waals surface area contributed by atoms with Gasteiger partial charge in [0, 0.05) is 20.5 Å². The average molecular weight is 419 g/mol. The Morgan fingerprint density at radius 3 is 2.38 bits per heavy atom. The van der Waals surface area contributed by atoms with Crippen LogP contribution in [0.15, 0.2) is 41.3 Å². The molecule has 0 saturated carbocycles. The third kappa shape index (κ3) is 5.58. The van der Waals surface area contributed by atoms with Crippen LogP contribution in [0.4, 0.5) is 0 Å². The van der Waals surface area contributed by atoms with E-state index in [1.54, 1.807) is 12.1 Å². The van der Waals surface area contributed by atoms with Gasteiger partial charge >= 0.3 is 0 Å². The molecule has 6 nitrogen and oxygen atoms in total. The van der Waals surface area contributed by atoms with Crippen molar-refractivity contribution in [3.8, 4) is 5.75 Å². The fourth-order valence-corrected chi connectivity index (χ4v) is 3.95. The number of carbonyl (C=O) groups is 1. The topological polar surface area (TPSA) is 75.7 Å². The van der Waals surface area contributed by atoms with Gasteiger partial charge in [-0.3, -0.25) is 4.79 Å². The zero-order valence-electron chi connectivity index (χ0n) is 17.9. The third-order valence-corrected chi connectivity index (χ3v) is 6.87. The van der Waals surface area contributed by atoms with Gasteiger partial charge in [-0.2, -0.15) is 0 Å². The van der Waals surface area contributed by atoms with E-state index in [1.807, 2.05) is 13.0 Å². The van der Waals surface area contributed by atoms with Gasteiger partial charge in [-0.1, -0.05) is 18.2 Å². The fraction of sp³-hybridized carbons (Fsp3) is 0.409. The first-order valence-corrected chi connectivity index (χ1v) is 11.0. The Balaban J connectivity index is 2.09. The van der Waals surface area contributed by atoms with E-state index in [0.717, 1.165) is 9.87 Å². The Kier molecular flexibility index (Phi) is 7.43. The van der Waals surface area contributed by atoms with Crippen LogP contribution in [0.2, 0.25) is 0 Å². The Bertz CT molecular complexity index is 984. The van der Waals surface area contributed by atoms with Gasteiger partial charge in [0.25, 0.3) is 0 Å². The van der Waals surface area contributed by atoms with Gasteiger partial charge in [0.05, 0.1) is 18.0 Å². The zero-order valence-corrected chi connectivity index (χ0v) is 18.8. The van der Waals surface area contributed by atoms with Gasteiger partial charge in [0.15, 0.2) is 0 Å². The molecule has 0 aromatic heterocycles. The zero-order chi connectivity index (χ0) is 21.8. The standard InChI is InChI=1S/C22H30N2O4S/c1-15-7-8-18(13-16(15)2)17(3)23-22(25)12-9-19-14-20(10-11-21(19)28-6)29(26,27)24(4)5/h7-8,10-11,13-14,17H,9,12H2,1-6H3,(H,23,25)/t17-/m1/s1. The van der Waals surface area contributed by atoms with E-state index < -0.39 is 10.0 Å². The maximum Gasteiger partial charge on any atom is 0.242 e. The summed E-state index contributed by atoms with van der Waals surface area (Å²) in [6, 6.07) is 10.8. The first-order valence-electron chi connectivity index (χ1n) is 9.52. The molecular weight excluding hydrogens is 388 g/mol. The number of hydrogen-bond donors (Lipinski definition) is 1. The number of benzene rings is 2. The molecule has 0 fully saturated rings. The number of aryl methyl sites for hydroxylation is 3. The van der Waals surface area contributed by atoms with E-state index in [-0.39, 0.29) is 23.3 Å². The highest BCUT2D eigenvalue weighted by Gasteiger charge is 2.19. The highest BCUT2D eigenvalue weighted by molar-refractivity contribution is 7.89. The van der Waals surface area contributed by atoms with Gasteiger partial charge in [0.2, 0.25) is 15.9 Å². The van der Waals surface area contributed by atoms with E-state index >= 15 is 0 Å². The number of ether oxygens (including phenoxy) is 1. The molecule has 0 spiro atoms. The van der Waals surface area contributed by atoms with E-state index in [4.69, 9.17) is 4.74 Å². The van der Waals surface area contributed by atoms with Gasteiger partial charge in [0.1, 0.15) is 5.75 Å². The number of amides is 1. The summed E-state index contributed by atoms with van der Waals surface area (Å²) in [6.45, 7) is 6.06. The van der Waals surface area contributed by atoms with Crippen molar-refractivity contribution < 1.29 is 17.9 Å². The second-order valence-electron chi connectivity index (χ2n) is 7.39. The van der Waals surface area contributed by atoms with Crippen molar-refractivity contribution in [2.75, 3.05) is 21.2 Å². The molecule has 0 aliphatic carbocycles. The van der Waals surface area contributed by atoms with E-state index in [9.17, 15) is 13.2 Å². The number of nitrogens with one attached hydrogen (secondary N) is 1. The van der Waals surface area contributed by atoms with Gasteiger partial charge < -0.3 is 10.1 Å². The van der Waals surface area contributed by atoms with Crippen molar-refractivity contribution in [1.29, 1.82) is 0 Å². The Labute approximate surface area is 173 Å². The molecule has 1 N–H and O–H groups in total. The minimum Gasteiger partial charge on any atom is -0.496 e. The molecular formula is C22H30N2O4S. The van der Waals surface area contributed by atoms with Crippen LogP contribution in [0, 0.1) is 13.8 Å². The van der Waals surface area contributed by atoms with E-state index in [1.165, 1.54) is 38.4 Å². The lowest BCUT2D eigenvalue weighted by molar-refractivity contribution is -0.121. The summed E-state index contributed by atoms with van der Waals surface area (Å²) in [6.07, 6.45) is 0.614. The molecule has 2 aromatic rings. The van der Waals surface area contributed by atoms with Crippen molar-refractivity contribution in [1.82, 2.24) is 9.62 Å². The van der Waals surface area contributed by atoms with Crippen LogP contribution >= 0.6 is 0 Å². The molecule has 0 radical (unpaired) electrons. The molecule has 2 aromatic carbocycles. The molecule has 1 atom stereocenters. The van der Waals surface area contributed by atoms with E-state index in [0.29, 0.717) is 17.7 Å². The van der Waals surface area contributed by atoms with Crippen LogP contribution < -0.4 is 10.1 Å². The van der Waals surface area contributed by atoms with Crippen LogP contribution in [-0.2, 0) is 21.2 Å². The largest absolute Gasteiger partial charge is 0.496 e. The summed E-state index contributed by atoms with van der Waals surface area (Å²) in [4.78, 5) is 12.6. The summed E-state index contributed by atoms with van der Waals surface area (Å²) in [7, 11) is 0.954. The molecule has 0 aliphatic heterocycles. The van der Waals surface area contributed by atoms with Crippen molar-refractivity contribution >= 4 is 15.9 Å². The van der Waals surface area contributed by atoms with Crippen molar-refractivity contribution in [2.24, 2.45) is 0 Å². The molecule has 29 heavy (non-hydrogen) atoms. The van der Waals surface area contributed by atoms with Gasteiger partial charge in [-0.15, -0.1) is 0 Å². The predicted octanol–water partition coefficient (Wildman–Crippen LogP) is 3.37. The molecule has 7 heteroatoms.